The molecular weight excluding hydrogens is 262 g/mol. The summed E-state index contributed by atoms with van der Waals surface area (Å²) < 4.78 is 0. The lowest BCUT2D eigenvalue weighted by Gasteiger charge is -2.05. The first-order valence-corrected chi connectivity index (χ1v) is 6.14. The Morgan fingerprint density at radius 2 is 1.89 bits per heavy atom. The van der Waals surface area contributed by atoms with Crippen LogP contribution in [-0.2, 0) is 6.54 Å². The molecule has 1 aromatic carbocycles. The number of halogens is 1. The number of benzene rings is 1. The lowest BCUT2D eigenvalue weighted by molar-refractivity contribution is 0.748. The molecule has 0 aromatic heterocycles. The van der Waals surface area contributed by atoms with E-state index in [1.54, 1.807) is 0 Å². The van der Waals surface area contributed by atoms with Crippen molar-refractivity contribution in [3.8, 4) is 0 Å². The van der Waals surface area contributed by atoms with E-state index in [1.807, 2.05) is 30.3 Å². The smallest absolute Gasteiger partial charge is 0.221 e. The molecule has 0 spiro atoms. The Morgan fingerprint density at radius 3 is 2.47 bits per heavy atom. The van der Waals surface area contributed by atoms with Crippen LogP contribution in [-0.4, -0.2) is 18.5 Å². The fourth-order valence-electron chi connectivity index (χ4n) is 1.38. The van der Waals surface area contributed by atoms with Crippen LogP contribution in [0.2, 0.25) is 0 Å². The van der Waals surface area contributed by atoms with Crippen LogP contribution in [0.25, 0.3) is 0 Å². The van der Waals surface area contributed by atoms with Gasteiger partial charge in [-0.1, -0.05) is 43.7 Å². The molecule has 0 atom stereocenters. The van der Waals surface area contributed by atoms with Gasteiger partial charge in [-0.2, -0.15) is 4.99 Å². The maximum Gasteiger partial charge on any atom is 0.221 e. The summed E-state index contributed by atoms with van der Waals surface area (Å²) in [4.78, 5) is 8.34. The molecule has 0 heterocycles. The van der Waals surface area contributed by atoms with Gasteiger partial charge in [0.15, 0.2) is 5.96 Å². The van der Waals surface area contributed by atoms with Crippen LogP contribution < -0.4 is 16.8 Å². The zero-order valence-corrected chi connectivity index (χ0v) is 12.0. The topological polar surface area (TPSA) is 88.8 Å². The number of unbranched alkanes of at least 4 members (excludes halogenated alkanes) is 1. The van der Waals surface area contributed by atoms with E-state index in [0.717, 1.165) is 24.9 Å². The summed E-state index contributed by atoms with van der Waals surface area (Å²) >= 11 is 0. The molecule has 19 heavy (non-hydrogen) atoms. The van der Waals surface area contributed by atoms with Gasteiger partial charge in [-0.15, -0.1) is 12.4 Å². The van der Waals surface area contributed by atoms with Crippen molar-refractivity contribution in [2.45, 2.75) is 26.3 Å². The quantitative estimate of drug-likeness (QED) is 0.436. The molecule has 0 amide bonds. The molecular formula is C13H22ClN5. The summed E-state index contributed by atoms with van der Waals surface area (Å²) in [5.74, 6) is 0.512. The van der Waals surface area contributed by atoms with Crippen molar-refractivity contribution in [2.75, 3.05) is 6.54 Å². The second kappa shape index (κ2) is 10.2. The van der Waals surface area contributed by atoms with Gasteiger partial charge in [-0.3, -0.25) is 0 Å². The number of nitrogens with zero attached hydrogens (tertiary/aromatic N) is 2. The highest BCUT2D eigenvalue weighted by molar-refractivity contribution is 5.93. The molecule has 5 nitrogen and oxygen atoms in total. The maximum atomic E-state index is 5.37. The number of aliphatic imine (C=N–C) groups is 2. The van der Waals surface area contributed by atoms with Crippen LogP contribution in [0.15, 0.2) is 40.3 Å². The van der Waals surface area contributed by atoms with Crippen molar-refractivity contribution in [1.29, 1.82) is 0 Å². The third-order valence-corrected chi connectivity index (χ3v) is 2.30. The highest BCUT2D eigenvalue weighted by Gasteiger charge is 1.97. The molecule has 0 fully saturated rings. The minimum absolute atomic E-state index is 0. The lowest BCUT2D eigenvalue weighted by Crippen LogP contribution is -2.30. The summed E-state index contributed by atoms with van der Waals surface area (Å²) in [6.45, 7) is 3.51. The van der Waals surface area contributed by atoms with Crippen LogP contribution >= 0.6 is 12.4 Å². The van der Waals surface area contributed by atoms with Crippen LogP contribution in [0.1, 0.15) is 25.3 Å². The van der Waals surface area contributed by atoms with Gasteiger partial charge in [0.2, 0.25) is 5.96 Å². The minimum atomic E-state index is 0. The van der Waals surface area contributed by atoms with Crippen molar-refractivity contribution in [1.82, 2.24) is 5.32 Å². The summed E-state index contributed by atoms with van der Waals surface area (Å²) in [6, 6.07) is 9.97. The third kappa shape index (κ3) is 8.05. The minimum Gasteiger partial charge on any atom is -0.370 e. The maximum absolute atomic E-state index is 5.37. The summed E-state index contributed by atoms with van der Waals surface area (Å²) in [6.07, 6.45) is 2.17. The lowest BCUT2D eigenvalue weighted by atomic mass is 10.2. The van der Waals surface area contributed by atoms with Gasteiger partial charge in [0.25, 0.3) is 0 Å². The molecule has 0 aliphatic carbocycles. The van der Waals surface area contributed by atoms with E-state index in [9.17, 15) is 0 Å². The van der Waals surface area contributed by atoms with Gasteiger partial charge in [0, 0.05) is 6.54 Å². The molecule has 0 bridgehead atoms. The van der Waals surface area contributed by atoms with Crippen LogP contribution in [0.5, 0.6) is 0 Å². The number of nitrogens with two attached hydrogens (primary N) is 2. The number of hydrogen-bond donors (Lipinski definition) is 3. The van der Waals surface area contributed by atoms with E-state index in [-0.39, 0.29) is 18.4 Å². The van der Waals surface area contributed by atoms with Crippen molar-refractivity contribution < 1.29 is 0 Å². The first-order chi connectivity index (χ1) is 8.72. The molecule has 6 heteroatoms. The standard InChI is InChI=1S/C13H21N5.ClH/c1-2-3-9-16-13(18-12(14)15)17-10-11-7-5-4-6-8-11;/h4-8H,2-3,9-10H2,1H3,(H5,14,15,16,17,18);1H. The Balaban J connectivity index is 0.00000324. The van der Waals surface area contributed by atoms with Gasteiger partial charge in [-0.05, 0) is 12.0 Å². The number of rotatable bonds is 5. The SMILES string of the molecule is CCCCNC(N=C(N)N)=NCc1ccccc1.Cl. The Labute approximate surface area is 120 Å². The van der Waals surface area contributed by atoms with Crippen molar-refractivity contribution in [2.24, 2.45) is 21.5 Å². The molecule has 0 unspecified atom stereocenters. The van der Waals surface area contributed by atoms with Gasteiger partial charge in [0.1, 0.15) is 0 Å². The summed E-state index contributed by atoms with van der Waals surface area (Å²) in [5, 5.41) is 3.12. The van der Waals surface area contributed by atoms with E-state index >= 15 is 0 Å². The van der Waals surface area contributed by atoms with E-state index in [4.69, 9.17) is 11.5 Å². The summed E-state index contributed by atoms with van der Waals surface area (Å²) in [5.41, 5.74) is 11.9. The largest absolute Gasteiger partial charge is 0.370 e. The second-order valence-corrected chi connectivity index (χ2v) is 3.94. The molecule has 0 radical (unpaired) electrons. The number of hydrogen-bond acceptors (Lipinski definition) is 1. The molecule has 106 valence electrons. The first-order valence-electron chi connectivity index (χ1n) is 6.14. The van der Waals surface area contributed by atoms with Gasteiger partial charge >= 0.3 is 0 Å². The van der Waals surface area contributed by atoms with Crippen LogP contribution in [0, 0.1) is 0 Å². The fourth-order valence-corrected chi connectivity index (χ4v) is 1.38. The van der Waals surface area contributed by atoms with Gasteiger partial charge in [0.05, 0.1) is 6.54 Å². The Bertz CT molecular complexity index is 399. The van der Waals surface area contributed by atoms with Crippen LogP contribution in [0.4, 0.5) is 0 Å². The zero-order valence-electron chi connectivity index (χ0n) is 11.2. The number of nitrogens with one attached hydrogen (secondary N) is 1. The Kier molecular flexibility index (Phi) is 9.26. The molecule has 0 aliphatic rings. The average Bonchev–Trinajstić information content (AvgIpc) is 2.37. The van der Waals surface area contributed by atoms with E-state index < -0.39 is 0 Å². The molecule has 1 rings (SSSR count). The van der Waals surface area contributed by atoms with Gasteiger partial charge < -0.3 is 16.8 Å². The second-order valence-electron chi connectivity index (χ2n) is 3.94. The van der Waals surface area contributed by atoms with E-state index in [1.165, 1.54) is 0 Å². The van der Waals surface area contributed by atoms with Crippen molar-refractivity contribution in [3.05, 3.63) is 35.9 Å². The third-order valence-electron chi connectivity index (χ3n) is 2.30. The van der Waals surface area contributed by atoms with E-state index in [0.29, 0.717) is 12.5 Å². The Morgan fingerprint density at radius 1 is 1.21 bits per heavy atom. The average molecular weight is 284 g/mol. The fraction of sp³-hybridized carbons (Fsp3) is 0.385. The highest BCUT2D eigenvalue weighted by atomic mass is 35.5. The van der Waals surface area contributed by atoms with Crippen molar-refractivity contribution >= 4 is 24.3 Å². The zero-order chi connectivity index (χ0) is 13.2. The number of guanidine groups is 2. The normalized spacial score (nSPS) is 10.5. The first kappa shape index (κ1) is 17.2. The van der Waals surface area contributed by atoms with E-state index in [2.05, 4.69) is 22.2 Å². The predicted molar refractivity (Wildman–Crippen MR) is 83.5 cm³/mol. The van der Waals surface area contributed by atoms with Gasteiger partial charge in [-0.25, -0.2) is 4.99 Å². The molecule has 0 saturated heterocycles. The Hall–Kier alpha value is -1.75. The highest BCUT2D eigenvalue weighted by Crippen LogP contribution is 2.00. The molecule has 0 saturated carbocycles. The van der Waals surface area contributed by atoms with Crippen molar-refractivity contribution in [3.63, 3.8) is 0 Å². The monoisotopic (exact) mass is 283 g/mol. The predicted octanol–water partition coefficient (Wildman–Crippen LogP) is 1.63. The van der Waals surface area contributed by atoms with Crippen LogP contribution in [0.3, 0.4) is 0 Å². The molecule has 0 aliphatic heterocycles. The summed E-state index contributed by atoms with van der Waals surface area (Å²) in [7, 11) is 0. The molecule has 1 aromatic rings. The molecule has 5 N–H and O–H groups in total.